The van der Waals surface area contributed by atoms with Crippen LogP contribution in [0.3, 0.4) is 0 Å². The highest BCUT2D eigenvalue weighted by atomic mass is 32.1. The van der Waals surface area contributed by atoms with Crippen LogP contribution in [-0.2, 0) is 19.2 Å². The fraction of sp³-hybridized carbons (Fsp3) is 0.581. The van der Waals surface area contributed by atoms with Gasteiger partial charge in [-0.25, -0.2) is 4.98 Å². The van der Waals surface area contributed by atoms with Crippen molar-refractivity contribution in [2.24, 2.45) is 5.41 Å². The van der Waals surface area contributed by atoms with Crippen molar-refractivity contribution in [1.29, 1.82) is 0 Å². The molecule has 43 heavy (non-hydrogen) atoms. The van der Waals surface area contributed by atoms with Gasteiger partial charge in [0.25, 0.3) is 0 Å². The molecule has 12 heteroatoms. The predicted molar refractivity (Wildman–Crippen MR) is 165 cm³/mol. The zero-order valence-corrected chi connectivity index (χ0v) is 26.5. The average Bonchev–Trinajstić information content (AvgIpc) is 3.57. The lowest BCUT2D eigenvalue weighted by atomic mass is 9.85. The first-order valence-corrected chi connectivity index (χ1v) is 15.7. The maximum absolute atomic E-state index is 13.8. The largest absolute Gasteiger partial charge is 0.391 e. The summed E-state index contributed by atoms with van der Waals surface area (Å²) in [4.78, 5) is 57.9. The minimum Gasteiger partial charge on any atom is -0.391 e. The molecule has 236 valence electrons. The van der Waals surface area contributed by atoms with Gasteiger partial charge < -0.3 is 31.1 Å². The van der Waals surface area contributed by atoms with E-state index >= 15 is 0 Å². The summed E-state index contributed by atoms with van der Waals surface area (Å²) in [5, 5.41) is 27.6. The molecule has 4 atom stereocenters. The van der Waals surface area contributed by atoms with E-state index in [1.807, 2.05) is 64.4 Å². The molecule has 1 fully saturated rings. The van der Waals surface area contributed by atoms with E-state index in [0.29, 0.717) is 25.8 Å². The van der Waals surface area contributed by atoms with Crippen LogP contribution in [0, 0.1) is 12.3 Å². The first-order valence-electron chi connectivity index (χ1n) is 14.8. The van der Waals surface area contributed by atoms with Gasteiger partial charge in [0.15, 0.2) is 0 Å². The van der Waals surface area contributed by atoms with E-state index in [1.54, 1.807) is 11.3 Å². The Hall–Kier alpha value is -3.35. The number of thiazole rings is 1. The van der Waals surface area contributed by atoms with Gasteiger partial charge in [0.2, 0.25) is 23.6 Å². The summed E-state index contributed by atoms with van der Waals surface area (Å²) in [6, 6.07) is 5.85. The van der Waals surface area contributed by atoms with Crippen LogP contribution in [0.1, 0.15) is 77.1 Å². The number of aryl methyl sites for hydroxylation is 1. The van der Waals surface area contributed by atoms with E-state index in [9.17, 15) is 24.3 Å². The number of nitrogens with one attached hydrogen (secondary N) is 3. The number of rotatable bonds is 13. The number of likely N-dealkylation sites (tertiary alicyclic amines) is 1. The molecule has 11 nitrogen and oxygen atoms in total. The maximum atomic E-state index is 13.8. The molecule has 0 bridgehead atoms. The van der Waals surface area contributed by atoms with E-state index < -0.39 is 42.0 Å². The third-order valence-corrected chi connectivity index (χ3v) is 8.58. The summed E-state index contributed by atoms with van der Waals surface area (Å²) in [5.41, 5.74) is 4.11. The Labute approximate surface area is 257 Å². The van der Waals surface area contributed by atoms with Gasteiger partial charge in [0.05, 0.1) is 28.2 Å². The lowest BCUT2D eigenvalue weighted by Gasteiger charge is -2.35. The second-order valence-electron chi connectivity index (χ2n) is 12.2. The summed E-state index contributed by atoms with van der Waals surface area (Å²) >= 11 is 1.58. The SMILES string of the molecule is Cc1ncsc1-c1ccc([C@H](C)NC(=O)[C@@H]2C[C@@H](O)CN2C(=O)[C@@H](NC(=O)CCCCCNC(=O)CO)C(C)(C)C)cc1. The Bertz CT molecular complexity index is 1260. The van der Waals surface area contributed by atoms with E-state index in [2.05, 4.69) is 20.9 Å². The molecule has 1 aromatic carbocycles. The number of carbonyl (C=O) groups excluding carboxylic acids is 4. The first kappa shape index (κ1) is 34.1. The van der Waals surface area contributed by atoms with Crippen molar-refractivity contribution in [3.63, 3.8) is 0 Å². The molecule has 0 saturated carbocycles. The van der Waals surface area contributed by atoms with E-state index in [0.717, 1.165) is 21.7 Å². The minimum atomic E-state index is -0.885. The van der Waals surface area contributed by atoms with Crippen LogP contribution < -0.4 is 16.0 Å². The zero-order valence-electron chi connectivity index (χ0n) is 25.7. The second kappa shape index (κ2) is 15.4. The van der Waals surface area contributed by atoms with Crippen molar-refractivity contribution in [3.8, 4) is 10.4 Å². The molecule has 0 aliphatic carbocycles. The highest BCUT2D eigenvalue weighted by molar-refractivity contribution is 7.13. The van der Waals surface area contributed by atoms with Crippen molar-refractivity contribution in [3.05, 3.63) is 41.0 Å². The number of nitrogens with zero attached hydrogens (tertiary/aromatic N) is 2. The van der Waals surface area contributed by atoms with Gasteiger partial charge in [-0.2, -0.15) is 0 Å². The van der Waals surface area contributed by atoms with Crippen LogP contribution in [0.2, 0.25) is 0 Å². The lowest BCUT2D eigenvalue weighted by molar-refractivity contribution is -0.144. The van der Waals surface area contributed by atoms with Gasteiger partial charge in [-0.15, -0.1) is 11.3 Å². The van der Waals surface area contributed by atoms with Crippen molar-refractivity contribution >= 4 is 35.0 Å². The Kier molecular flexibility index (Phi) is 12.2. The highest BCUT2D eigenvalue weighted by Crippen LogP contribution is 2.29. The summed E-state index contributed by atoms with van der Waals surface area (Å²) < 4.78 is 0. The first-order chi connectivity index (χ1) is 20.3. The van der Waals surface area contributed by atoms with Crippen molar-refractivity contribution in [2.45, 2.75) is 91.0 Å². The highest BCUT2D eigenvalue weighted by Gasteiger charge is 2.44. The number of aromatic nitrogens is 1. The lowest BCUT2D eigenvalue weighted by Crippen LogP contribution is -2.57. The van der Waals surface area contributed by atoms with Crippen LogP contribution >= 0.6 is 11.3 Å². The summed E-state index contributed by atoms with van der Waals surface area (Å²) in [6.07, 6.45) is 1.41. The summed E-state index contributed by atoms with van der Waals surface area (Å²) in [6.45, 7) is 9.26. The molecule has 3 rings (SSSR count). The third-order valence-electron chi connectivity index (χ3n) is 7.61. The average molecular weight is 616 g/mol. The predicted octanol–water partition coefficient (Wildman–Crippen LogP) is 2.46. The van der Waals surface area contributed by atoms with Gasteiger partial charge in [-0.3, -0.25) is 19.2 Å². The smallest absolute Gasteiger partial charge is 0.246 e. The zero-order chi connectivity index (χ0) is 31.7. The Morgan fingerprint density at radius 3 is 2.37 bits per heavy atom. The van der Waals surface area contributed by atoms with Gasteiger partial charge in [-0.1, -0.05) is 51.5 Å². The van der Waals surface area contributed by atoms with Gasteiger partial charge in [0.1, 0.15) is 18.7 Å². The number of aliphatic hydroxyl groups excluding tert-OH is 2. The maximum Gasteiger partial charge on any atom is 0.246 e. The molecule has 1 aliphatic rings. The van der Waals surface area contributed by atoms with Gasteiger partial charge in [0, 0.05) is 25.9 Å². The van der Waals surface area contributed by atoms with E-state index in [1.165, 1.54) is 4.90 Å². The van der Waals surface area contributed by atoms with Gasteiger partial charge in [-0.05, 0) is 43.2 Å². The van der Waals surface area contributed by atoms with Crippen LogP contribution in [0.15, 0.2) is 29.8 Å². The van der Waals surface area contributed by atoms with E-state index in [-0.39, 0.29) is 37.2 Å². The minimum absolute atomic E-state index is 0.0101. The number of carbonyl (C=O) groups is 4. The fourth-order valence-corrected chi connectivity index (χ4v) is 5.93. The number of β-amino-alcohol motifs (C(OH)–C–C–N with tert-alkyl or cyclic N) is 1. The summed E-state index contributed by atoms with van der Waals surface area (Å²) in [7, 11) is 0. The second-order valence-corrected chi connectivity index (χ2v) is 13.1. The van der Waals surface area contributed by atoms with Gasteiger partial charge >= 0.3 is 0 Å². The van der Waals surface area contributed by atoms with Crippen molar-refractivity contribution in [2.75, 3.05) is 19.7 Å². The van der Waals surface area contributed by atoms with Crippen molar-refractivity contribution < 1.29 is 29.4 Å². The number of hydrogen-bond acceptors (Lipinski definition) is 8. The van der Waals surface area contributed by atoms with Crippen LogP contribution in [0.4, 0.5) is 0 Å². The van der Waals surface area contributed by atoms with Crippen LogP contribution in [0.25, 0.3) is 10.4 Å². The number of aliphatic hydroxyl groups is 2. The monoisotopic (exact) mass is 615 g/mol. The Morgan fingerprint density at radius 1 is 1.07 bits per heavy atom. The van der Waals surface area contributed by atoms with E-state index in [4.69, 9.17) is 5.11 Å². The molecule has 0 unspecified atom stereocenters. The van der Waals surface area contributed by atoms with Crippen molar-refractivity contribution in [1.82, 2.24) is 25.8 Å². The van der Waals surface area contributed by atoms with Crippen LogP contribution in [-0.4, -0.2) is 81.6 Å². The molecule has 0 spiro atoms. The molecular weight excluding hydrogens is 570 g/mol. The number of unbranched alkanes of at least 4 members (excludes halogenated alkanes) is 2. The molecule has 1 aliphatic heterocycles. The Morgan fingerprint density at radius 2 is 1.77 bits per heavy atom. The third kappa shape index (κ3) is 9.57. The number of amides is 4. The van der Waals surface area contributed by atoms with Crippen LogP contribution in [0.5, 0.6) is 0 Å². The molecule has 0 radical (unpaired) electrons. The molecule has 4 amide bonds. The molecular formula is C31H45N5O6S. The Balaban J connectivity index is 1.60. The number of hydrogen-bond donors (Lipinski definition) is 5. The molecule has 1 saturated heterocycles. The number of benzene rings is 1. The summed E-state index contributed by atoms with van der Waals surface area (Å²) in [5.74, 6) is -1.47. The normalized spacial score (nSPS) is 18.2. The topological polar surface area (TPSA) is 161 Å². The molecule has 5 N–H and O–H groups in total. The fourth-order valence-electron chi connectivity index (χ4n) is 5.12. The molecule has 2 heterocycles. The molecule has 2 aromatic rings. The quantitative estimate of drug-likeness (QED) is 0.216. The molecule has 1 aromatic heterocycles. The standard InChI is InChI=1S/C31H45N5O6S/c1-19(21-10-12-22(13-11-21)27-20(2)33-18-43-27)34-29(41)24-15-23(38)16-36(24)30(42)28(31(3,4)5)35-25(39)9-7-6-8-14-32-26(40)17-37/h10-13,18-19,23-24,28,37-38H,6-9,14-17H2,1-5H3,(H,32,40)(H,34,41)(H,35,39)/t19-,23+,24-,28+/m0/s1.